The number of hydrogen-bond donors (Lipinski definition) is 0. The van der Waals surface area contributed by atoms with Crippen molar-refractivity contribution in [2.24, 2.45) is 0 Å². The van der Waals surface area contributed by atoms with Crippen LogP contribution in [0, 0.1) is 5.82 Å². The van der Waals surface area contributed by atoms with Crippen molar-refractivity contribution in [2.45, 2.75) is 13.2 Å². The van der Waals surface area contributed by atoms with E-state index in [1.54, 1.807) is 36.4 Å². The summed E-state index contributed by atoms with van der Waals surface area (Å²) in [5.41, 5.74) is 1.74. The van der Waals surface area contributed by atoms with Gasteiger partial charge < -0.3 is 4.74 Å². The van der Waals surface area contributed by atoms with Gasteiger partial charge in [0.15, 0.2) is 0 Å². The maximum atomic E-state index is 14.0. The highest BCUT2D eigenvalue weighted by atomic mass is 35.5. The molecule has 1 aliphatic rings. The van der Waals surface area contributed by atoms with Crippen LogP contribution in [0.25, 0.3) is 6.08 Å². The van der Waals surface area contributed by atoms with Crippen molar-refractivity contribution >= 4 is 40.6 Å². The fraction of sp³-hybridized carbons (Fsp3) is 0.0833. The molecule has 4 nitrogen and oxygen atoms in total. The Labute approximate surface area is 188 Å². The summed E-state index contributed by atoms with van der Waals surface area (Å²) in [7, 11) is 0. The highest BCUT2D eigenvalue weighted by Crippen LogP contribution is 2.35. The molecule has 4 rings (SSSR count). The SMILES string of the molecule is O=C1S/C(=C\c2ccccc2OCc2c(F)cccc2Cl)C(=O)N1Cc1ccccc1. The first-order chi connectivity index (χ1) is 15.0. The Balaban J connectivity index is 1.54. The third-order valence-corrected chi connectivity index (χ3v) is 5.96. The molecule has 0 aromatic heterocycles. The summed E-state index contributed by atoms with van der Waals surface area (Å²) < 4.78 is 19.8. The second-order valence-corrected chi connectivity index (χ2v) is 8.18. The summed E-state index contributed by atoms with van der Waals surface area (Å²) in [5, 5.41) is -0.0452. The third kappa shape index (κ3) is 4.81. The molecule has 1 fully saturated rings. The lowest BCUT2D eigenvalue weighted by molar-refractivity contribution is -0.123. The molecule has 0 saturated carbocycles. The van der Waals surface area contributed by atoms with Crippen LogP contribution in [0.4, 0.5) is 9.18 Å². The molecule has 0 aliphatic carbocycles. The summed E-state index contributed by atoms with van der Waals surface area (Å²) in [5.74, 6) is -0.352. The quantitative estimate of drug-likeness (QED) is 0.411. The number of ether oxygens (including phenoxy) is 1. The first kappa shape index (κ1) is 21.2. The minimum atomic E-state index is -0.452. The molecule has 2 amide bonds. The van der Waals surface area contributed by atoms with Crippen LogP contribution in [0.15, 0.2) is 77.7 Å². The summed E-state index contributed by atoms with van der Waals surface area (Å²) in [4.78, 5) is 26.7. The molecule has 31 heavy (non-hydrogen) atoms. The van der Waals surface area contributed by atoms with Crippen molar-refractivity contribution in [3.8, 4) is 5.75 Å². The summed E-state index contributed by atoms with van der Waals surface area (Å²) in [6.45, 7) is 0.151. The fourth-order valence-electron chi connectivity index (χ4n) is 3.09. The predicted octanol–water partition coefficient (Wildman–Crippen LogP) is 6.29. The second-order valence-electron chi connectivity index (χ2n) is 6.78. The molecule has 0 radical (unpaired) electrons. The highest BCUT2D eigenvalue weighted by Gasteiger charge is 2.35. The van der Waals surface area contributed by atoms with E-state index < -0.39 is 5.82 Å². The van der Waals surface area contributed by atoms with E-state index >= 15 is 0 Å². The lowest BCUT2D eigenvalue weighted by atomic mass is 10.1. The van der Waals surface area contributed by atoms with E-state index in [1.165, 1.54) is 17.0 Å². The van der Waals surface area contributed by atoms with E-state index in [1.807, 2.05) is 30.3 Å². The first-order valence-electron chi connectivity index (χ1n) is 9.47. The number of carbonyl (C=O) groups excluding carboxylic acids is 2. The van der Waals surface area contributed by atoms with Crippen molar-refractivity contribution in [3.05, 3.63) is 105 Å². The maximum absolute atomic E-state index is 14.0. The maximum Gasteiger partial charge on any atom is 0.293 e. The number of hydrogen-bond acceptors (Lipinski definition) is 4. The van der Waals surface area contributed by atoms with E-state index in [0.717, 1.165) is 17.3 Å². The van der Waals surface area contributed by atoms with Gasteiger partial charge in [0.2, 0.25) is 0 Å². The molecule has 1 saturated heterocycles. The molecule has 7 heteroatoms. The minimum absolute atomic E-state index is 0.0636. The van der Waals surface area contributed by atoms with Crippen molar-refractivity contribution in [1.29, 1.82) is 0 Å². The Morgan fingerprint density at radius 2 is 1.71 bits per heavy atom. The lowest BCUT2D eigenvalue weighted by Gasteiger charge is -2.12. The van der Waals surface area contributed by atoms with Crippen molar-refractivity contribution in [2.75, 3.05) is 0 Å². The monoisotopic (exact) mass is 453 g/mol. The summed E-state index contributed by atoms with van der Waals surface area (Å²) in [6, 6.07) is 20.8. The van der Waals surface area contributed by atoms with Crippen LogP contribution in [0.5, 0.6) is 5.75 Å². The van der Waals surface area contributed by atoms with Gasteiger partial charge in [-0.3, -0.25) is 14.5 Å². The Hall–Kier alpha value is -3.09. The fourth-order valence-corrected chi connectivity index (χ4v) is 4.14. The Bertz CT molecular complexity index is 1150. The topological polar surface area (TPSA) is 46.6 Å². The van der Waals surface area contributed by atoms with Gasteiger partial charge in [-0.2, -0.15) is 0 Å². The van der Waals surface area contributed by atoms with Crippen LogP contribution in [0.2, 0.25) is 5.02 Å². The standard InChI is InChI=1S/C24H17ClFNO3S/c25-19-10-6-11-20(26)18(19)15-30-21-12-5-4-9-17(21)13-22-23(28)27(24(29)31-22)14-16-7-2-1-3-8-16/h1-13H,14-15H2/b22-13-. The number of carbonyl (C=O) groups is 2. The van der Waals surface area contributed by atoms with Crippen LogP contribution in [-0.4, -0.2) is 16.0 Å². The van der Waals surface area contributed by atoms with Gasteiger partial charge in [-0.05, 0) is 41.6 Å². The number of para-hydroxylation sites is 1. The van der Waals surface area contributed by atoms with Gasteiger partial charge in [-0.15, -0.1) is 0 Å². The number of rotatable bonds is 6. The number of thioether (sulfide) groups is 1. The van der Waals surface area contributed by atoms with E-state index in [-0.39, 0.29) is 34.9 Å². The molecule has 0 N–H and O–H groups in total. The molecule has 0 spiro atoms. The van der Waals surface area contributed by atoms with Gasteiger partial charge in [0.1, 0.15) is 18.2 Å². The largest absolute Gasteiger partial charge is 0.488 e. The van der Waals surface area contributed by atoms with Crippen LogP contribution in [-0.2, 0) is 17.9 Å². The zero-order valence-corrected chi connectivity index (χ0v) is 17.8. The summed E-state index contributed by atoms with van der Waals surface area (Å²) in [6.07, 6.45) is 1.62. The van der Waals surface area contributed by atoms with Crippen LogP contribution >= 0.6 is 23.4 Å². The average molecular weight is 454 g/mol. The molecule has 1 heterocycles. The molecule has 0 unspecified atom stereocenters. The molecular weight excluding hydrogens is 437 g/mol. The van der Waals surface area contributed by atoms with Crippen molar-refractivity contribution < 1.29 is 18.7 Å². The van der Waals surface area contributed by atoms with E-state index in [2.05, 4.69) is 0 Å². The van der Waals surface area contributed by atoms with Crippen molar-refractivity contribution in [1.82, 2.24) is 4.90 Å². The molecule has 1 aliphatic heterocycles. The third-order valence-electron chi connectivity index (χ3n) is 4.70. The average Bonchev–Trinajstić information content (AvgIpc) is 3.02. The van der Waals surface area contributed by atoms with Gasteiger partial charge in [-0.25, -0.2) is 4.39 Å². The van der Waals surface area contributed by atoms with Crippen LogP contribution in [0.3, 0.4) is 0 Å². The zero-order chi connectivity index (χ0) is 21.8. The Morgan fingerprint density at radius 1 is 0.968 bits per heavy atom. The number of imide groups is 1. The molecular formula is C24H17ClFNO3S. The lowest BCUT2D eigenvalue weighted by Crippen LogP contribution is -2.27. The van der Waals surface area contributed by atoms with E-state index in [0.29, 0.717) is 16.2 Å². The Morgan fingerprint density at radius 3 is 2.48 bits per heavy atom. The summed E-state index contributed by atoms with van der Waals surface area (Å²) >= 11 is 6.95. The van der Waals surface area contributed by atoms with E-state index in [4.69, 9.17) is 16.3 Å². The van der Waals surface area contributed by atoms with Gasteiger partial charge in [0, 0.05) is 11.1 Å². The zero-order valence-electron chi connectivity index (χ0n) is 16.3. The molecule has 156 valence electrons. The van der Waals surface area contributed by atoms with Gasteiger partial charge in [-0.1, -0.05) is 66.2 Å². The smallest absolute Gasteiger partial charge is 0.293 e. The highest BCUT2D eigenvalue weighted by molar-refractivity contribution is 8.18. The van der Waals surface area contributed by atoms with Gasteiger partial charge >= 0.3 is 0 Å². The number of amides is 2. The number of halogens is 2. The molecule has 0 bridgehead atoms. The molecule has 0 atom stereocenters. The van der Waals surface area contributed by atoms with Gasteiger partial charge in [0.05, 0.1) is 16.5 Å². The number of nitrogens with zero attached hydrogens (tertiary/aromatic N) is 1. The molecule has 3 aromatic carbocycles. The van der Waals surface area contributed by atoms with Crippen LogP contribution < -0.4 is 4.74 Å². The first-order valence-corrected chi connectivity index (χ1v) is 10.7. The van der Waals surface area contributed by atoms with Crippen molar-refractivity contribution in [3.63, 3.8) is 0 Å². The second kappa shape index (κ2) is 9.37. The Kier molecular flexibility index (Phi) is 6.39. The predicted molar refractivity (Wildman–Crippen MR) is 120 cm³/mol. The number of benzene rings is 3. The van der Waals surface area contributed by atoms with E-state index in [9.17, 15) is 14.0 Å². The minimum Gasteiger partial charge on any atom is -0.488 e. The van der Waals surface area contributed by atoms with Crippen LogP contribution in [0.1, 0.15) is 16.7 Å². The van der Waals surface area contributed by atoms with Gasteiger partial charge in [0.25, 0.3) is 11.1 Å². The molecule has 3 aromatic rings. The normalized spacial score (nSPS) is 15.0.